The molecule has 6 nitrogen and oxygen atoms in total. The molecule has 1 aromatic heterocycles. The van der Waals surface area contributed by atoms with Crippen LogP contribution in [0.3, 0.4) is 0 Å². The second-order valence-corrected chi connectivity index (χ2v) is 6.43. The number of carbonyl (C=O) groups is 1. The third-order valence-corrected chi connectivity index (χ3v) is 4.30. The lowest BCUT2D eigenvalue weighted by atomic mass is 9.96. The van der Waals surface area contributed by atoms with Crippen molar-refractivity contribution in [3.05, 3.63) is 28.2 Å². The number of rotatable bonds is 3. The number of aromatic nitrogens is 2. The van der Waals surface area contributed by atoms with Crippen LogP contribution >= 0.6 is 23.2 Å². The summed E-state index contributed by atoms with van der Waals surface area (Å²) in [5, 5.41) is 13.4. The molecule has 134 valence electrons. The molecule has 1 aliphatic rings. The maximum atomic E-state index is 13.0. The lowest BCUT2D eigenvalue weighted by molar-refractivity contribution is -0.187. The molecule has 0 spiro atoms. The van der Waals surface area contributed by atoms with E-state index in [9.17, 15) is 18.0 Å². The van der Waals surface area contributed by atoms with E-state index in [0.717, 1.165) is 4.90 Å². The quantitative estimate of drug-likeness (QED) is 0.852. The van der Waals surface area contributed by atoms with E-state index in [0.29, 0.717) is 15.6 Å². The number of hydrogen-bond acceptors (Lipinski definition) is 5. The van der Waals surface area contributed by atoms with Gasteiger partial charge in [-0.2, -0.15) is 18.2 Å². The van der Waals surface area contributed by atoms with E-state index in [1.807, 2.05) is 0 Å². The summed E-state index contributed by atoms with van der Waals surface area (Å²) < 4.78 is 44.1. The van der Waals surface area contributed by atoms with E-state index in [1.165, 1.54) is 18.2 Å². The number of hydrogen-bond donors (Lipinski definition) is 1. The molecule has 1 N–H and O–H groups in total. The Morgan fingerprint density at radius 3 is 2.40 bits per heavy atom. The van der Waals surface area contributed by atoms with Crippen molar-refractivity contribution < 1.29 is 27.6 Å². The molecule has 0 bridgehead atoms. The van der Waals surface area contributed by atoms with Gasteiger partial charge in [0, 0.05) is 28.7 Å². The van der Waals surface area contributed by atoms with Gasteiger partial charge in [-0.1, -0.05) is 28.4 Å². The molecule has 1 aromatic carbocycles. The van der Waals surface area contributed by atoms with Crippen LogP contribution in [0.1, 0.15) is 0 Å². The average Bonchev–Trinajstić information content (AvgIpc) is 3.12. The van der Waals surface area contributed by atoms with Crippen LogP contribution in [0.2, 0.25) is 10.0 Å². The van der Waals surface area contributed by atoms with Crippen LogP contribution in [-0.2, 0) is 4.79 Å². The zero-order valence-electron chi connectivity index (χ0n) is 12.3. The van der Waals surface area contributed by atoms with Gasteiger partial charge < -0.3 is 14.5 Å². The first-order valence-corrected chi connectivity index (χ1v) is 7.75. The molecule has 2 atom stereocenters. The largest absolute Gasteiger partial charge is 0.481 e. The number of alkyl halides is 3. The van der Waals surface area contributed by atoms with Crippen molar-refractivity contribution in [1.29, 1.82) is 0 Å². The van der Waals surface area contributed by atoms with Crippen LogP contribution in [0.15, 0.2) is 22.7 Å². The number of halogens is 5. The minimum Gasteiger partial charge on any atom is -0.481 e. The molecular formula is C14H10Cl2F3N3O3. The number of carboxylic acid groups (broad SMARTS) is 1. The van der Waals surface area contributed by atoms with E-state index >= 15 is 0 Å². The minimum absolute atomic E-state index is 0.0849. The number of nitrogens with zero attached hydrogens (tertiary/aromatic N) is 3. The highest BCUT2D eigenvalue weighted by molar-refractivity contribution is 6.35. The highest BCUT2D eigenvalue weighted by Gasteiger charge is 2.53. The molecule has 0 radical (unpaired) electrons. The lowest BCUT2D eigenvalue weighted by Crippen LogP contribution is -2.33. The SMILES string of the molecule is O=C(O)[C@@H]1CN(c2nc(-c3cc(Cl)cc(Cl)c3)no2)C[C@H]1C(F)(F)F. The standard InChI is InChI=1S/C14H10Cl2F3N3O3/c15-7-1-6(2-8(16)3-7)11-20-13(25-21-11)22-4-9(12(23)24)10(5-22)14(17,18)19/h1-3,9-10H,4-5H2,(H,23,24)/t9-,10-/m1/s1. The van der Waals surface area contributed by atoms with Crippen molar-refractivity contribution in [3.8, 4) is 11.4 Å². The van der Waals surface area contributed by atoms with Crippen molar-refractivity contribution in [2.24, 2.45) is 11.8 Å². The highest BCUT2D eigenvalue weighted by atomic mass is 35.5. The Hall–Kier alpha value is -2.00. The predicted octanol–water partition coefficient (Wildman–Crippen LogP) is 3.74. The van der Waals surface area contributed by atoms with Crippen LogP contribution in [-0.4, -0.2) is 40.5 Å². The fraction of sp³-hybridized carbons (Fsp3) is 0.357. The fourth-order valence-corrected chi connectivity index (χ4v) is 3.21. The maximum absolute atomic E-state index is 13.0. The number of aliphatic carboxylic acids is 1. The van der Waals surface area contributed by atoms with E-state index < -0.39 is 30.5 Å². The van der Waals surface area contributed by atoms with Crippen molar-refractivity contribution >= 4 is 35.2 Å². The zero-order valence-corrected chi connectivity index (χ0v) is 13.8. The second-order valence-electron chi connectivity index (χ2n) is 5.56. The van der Waals surface area contributed by atoms with Crippen molar-refractivity contribution in [3.63, 3.8) is 0 Å². The van der Waals surface area contributed by atoms with Crippen LogP contribution in [0.4, 0.5) is 19.2 Å². The lowest BCUT2D eigenvalue weighted by Gasteiger charge is -2.17. The Labute approximate surface area is 149 Å². The summed E-state index contributed by atoms with van der Waals surface area (Å²) in [4.78, 5) is 16.3. The van der Waals surface area contributed by atoms with Crippen molar-refractivity contribution in [2.45, 2.75) is 6.18 Å². The summed E-state index contributed by atoms with van der Waals surface area (Å²) in [5.41, 5.74) is 0.425. The van der Waals surface area contributed by atoms with Gasteiger partial charge in [0.05, 0.1) is 11.8 Å². The average molecular weight is 396 g/mol. The van der Waals surface area contributed by atoms with Gasteiger partial charge in [0.25, 0.3) is 0 Å². The van der Waals surface area contributed by atoms with E-state index in [4.69, 9.17) is 32.8 Å². The predicted molar refractivity (Wildman–Crippen MR) is 82.6 cm³/mol. The third-order valence-electron chi connectivity index (χ3n) is 3.86. The molecule has 2 heterocycles. The molecule has 3 rings (SSSR count). The first-order valence-electron chi connectivity index (χ1n) is 7.00. The van der Waals surface area contributed by atoms with Crippen LogP contribution in [0.25, 0.3) is 11.4 Å². The minimum atomic E-state index is -4.64. The van der Waals surface area contributed by atoms with Gasteiger partial charge in [-0.15, -0.1) is 0 Å². The van der Waals surface area contributed by atoms with Gasteiger partial charge >= 0.3 is 18.2 Å². The van der Waals surface area contributed by atoms with Crippen LogP contribution < -0.4 is 4.90 Å². The van der Waals surface area contributed by atoms with E-state index in [1.54, 1.807) is 0 Å². The molecule has 0 amide bonds. The topological polar surface area (TPSA) is 79.5 Å². The first-order chi connectivity index (χ1) is 11.6. The van der Waals surface area contributed by atoms with Gasteiger partial charge in [-0.05, 0) is 18.2 Å². The molecule has 1 saturated heterocycles. The zero-order chi connectivity index (χ0) is 18.4. The summed E-state index contributed by atoms with van der Waals surface area (Å²) in [6, 6.07) is 4.35. The summed E-state index contributed by atoms with van der Waals surface area (Å²) in [6.45, 7) is -0.949. The van der Waals surface area contributed by atoms with Gasteiger partial charge in [0.2, 0.25) is 5.82 Å². The summed E-state index contributed by atoms with van der Waals surface area (Å²) >= 11 is 11.8. The van der Waals surface area contributed by atoms with Gasteiger partial charge in [-0.3, -0.25) is 4.79 Å². The van der Waals surface area contributed by atoms with Gasteiger partial charge in [0.15, 0.2) is 0 Å². The first kappa shape index (κ1) is 17.8. The van der Waals surface area contributed by atoms with Crippen LogP contribution in [0.5, 0.6) is 0 Å². The summed E-state index contributed by atoms with van der Waals surface area (Å²) in [7, 11) is 0. The molecular weight excluding hydrogens is 386 g/mol. The van der Waals surface area contributed by atoms with Crippen molar-refractivity contribution in [1.82, 2.24) is 10.1 Å². The highest BCUT2D eigenvalue weighted by Crippen LogP contribution is 2.39. The molecule has 0 aliphatic carbocycles. The van der Waals surface area contributed by atoms with Gasteiger partial charge in [-0.25, -0.2) is 0 Å². The van der Waals surface area contributed by atoms with E-state index in [2.05, 4.69) is 10.1 Å². The van der Waals surface area contributed by atoms with E-state index in [-0.39, 0.29) is 18.4 Å². The molecule has 25 heavy (non-hydrogen) atoms. The molecule has 1 aliphatic heterocycles. The smallest absolute Gasteiger partial charge is 0.394 e. The summed E-state index contributed by atoms with van der Waals surface area (Å²) in [6.07, 6.45) is -4.64. The Morgan fingerprint density at radius 2 is 1.88 bits per heavy atom. The number of anilines is 1. The second kappa shape index (κ2) is 6.38. The monoisotopic (exact) mass is 395 g/mol. The number of benzene rings is 1. The molecule has 0 unspecified atom stereocenters. The molecule has 11 heteroatoms. The maximum Gasteiger partial charge on any atom is 0.394 e. The normalized spacial score (nSPS) is 20.9. The molecule has 2 aromatic rings. The third kappa shape index (κ3) is 3.67. The van der Waals surface area contributed by atoms with Crippen molar-refractivity contribution in [2.75, 3.05) is 18.0 Å². The summed E-state index contributed by atoms with van der Waals surface area (Å²) in [5.74, 6) is -5.05. The van der Waals surface area contributed by atoms with Crippen LogP contribution in [0, 0.1) is 11.8 Å². The Kier molecular flexibility index (Phi) is 4.54. The Bertz CT molecular complexity index is 792. The Morgan fingerprint density at radius 1 is 1.24 bits per heavy atom. The van der Waals surface area contributed by atoms with Gasteiger partial charge in [0.1, 0.15) is 0 Å². The molecule has 0 saturated carbocycles. The molecule has 1 fully saturated rings. The number of carboxylic acids is 1. The fourth-order valence-electron chi connectivity index (χ4n) is 2.69. The Balaban J connectivity index is 1.86.